The third-order valence-corrected chi connectivity index (χ3v) is 5.99. The number of carbonyl (C=O) groups excluding carboxylic acids is 1. The second-order valence-corrected chi connectivity index (χ2v) is 8.03. The van der Waals surface area contributed by atoms with Gasteiger partial charge in [-0.05, 0) is 42.5 Å². The van der Waals surface area contributed by atoms with E-state index in [-0.39, 0.29) is 5.91 Å². The van der Waals surface area contributed by atoms with E-state index in [1.807, 2.05) is 41.8 Å². The van der Waals surface area contributed by atoms with Crippen molar-refractivity contribution in [3.63, 3.8) is 0 Å². The Morgan fingerprint density at radius 2 is 2.07 bits per heavy atom. The van der Waals surface area contributed by atoms with Crippen LogP contribution in [0.5, 0.6) is 0 Å². The highest BCUT2D eigenvalue weighted by Gasteiger charge is 2.17. The number of benzene rings is 1. The van der Waals surface area contributed by atoms with Gasteiger partial charge in [-0.2, -0.15) is 5.10 Å². The van der Waals surface area contributed by atoms with E-state index in [2.05, 4.69) is 30.3 Å². The van der Waals surface area contributed by atoms with Gasteiger partial charge in [-0.15, -0.1) is 21.5 Å². The lowest BCUT2D eigenvalue weighted by atomic mass is 10.2. The van der Waals surface area contributed by atoms with E-state index in [0.29, 0.717) is 11.4 Å². The number of H-pyrrole nitrogens is 1. The number of aryl methyl sites for hydroxylation is 1. The fourth-order valence-corrected chi connectivity index (χ4v) is 4.32. The first-order valence-electron chi connectivity index (χ1n) is 9.71. The Kier molecular flexibility index (Phi) is 4.69. The molecule has 7 nitrogen and oxygen atoms in total. The van der Waals surface area contributed by atoms with Gasteiger partial charge in [0, 0.05) is 24.2 Å². The molecule has 0 radical (unpaired) electrons. The molecule has 4 heterocycles. The molecule has 146 valence electrons. The highest BCUT2D eigenvalue weighted by atomic mass is 32.1. The largest absolute Gasteiger partial charge is 0.321 e. The van der Waals surface area contributed by atoms with Gasteiger partial charge in [0.05, 0.1) is 10.6 Å². The molecule has 1 aliphatic rings. The number of amides is 1. The Hall–Kier alpha value is -3.26. The summed E-state index contributed by atoms with van der Waals surface area (Å²) < 4.78 is 2.20. The summed E-state index contributed by atoms with van der Waals surface area (Å²) in [5.41, 5.74) is 2.85. The number of nitrogens with one attached hydrogen (secondary N) is 2. The fraction of sp³-hybridized carbons (Fsp3) is 0.238. The minimum Gasteiger partial charge on any atom is -0.321 e. The standard InChI is InChI=1S/C21H20N6OS/c28-21(17-13-16(23-24-17)18-8-5-11-29-18)22-15-7-4-6-14(12-15)20-26-25-19-9-2-1-3-10-27(19)20/h4-8,11-13H,1-3,9-10H2,(H,22,28)(H,23,24). The van der Waals surface area contributed by atoms with Crippen LogP contribution in [-0.2, 0) is 13.0 Å². The summed E-state index contributed by atoms with van der Waals surface area (Å²) in [6.45, 7) is 0.938. The topological polar surface area (TPSA) is 88.5 Å². The molecule has 5 rings (SSSR count). The molecule has 0 bridgehead atoms. The van der Waals surface area contributed by atoms with E-state index in [9.17, 15) is 4.79 Å². The van der Waals surface area contributed by atoms with Gasteiger partial charge in [-0.3, -0.25) is 9.89 Å². The molecule has 4 aromatic rings. The maximum absolute atomic E-state index is 12.6. The monoisotopic (exact) mass is 404 g/mol. The number of nitrogens with zero attached hydrogens (tertiary/aromatic N) is 4. The Morgan fingerprint density at radius 3 is 2.97 bits per heavy atom. The van der Waals surface area contributed by atoms with Crippen molar-refractivity contribution in [3.05, 3.63) is 59.4 Å². The van der Waals surface area contributed by atoms with Gasteiger partial charge < -0.3 is 9.88 Å². The molecule has 0 saturated carbocycles. The molecule has 0 atom stereocenters. The van der Waals surface area contributed by atoms with E-state index < -0.39 is 0 Å². The number of anilines is 1. The molecule has 8 heteroatoms. The Labute approximate surface area is 171 Å². The third kappa shape index (κ3) is 3.58. The van der Waals surface area contributed by atoms with Gasteiger partial charge in [-0.1, -0.05) is 24.6 Å². The highest BCUT2D eigenvalue weighted by Crippen LogP contribution is 2.26. The minimum atomic E-state index is -0.249. The maximum atomic E-state index is 12.6. The first kappa shape index (κ1) is 17.8. The van der Waals surface area contributed by atoms with E-state index >= 15 is 0 Å². The van der Waals surface area contributed by atoms with Gasteiger partial charge in [-0.25, -0.2) is 0 Å². The van der Waals surface area contributed by atoms with Crippen molar-refractivity contribution < 1.29 is 4.79 Å². The molecule has 29 heavy (non-hydrogen) atoms. The number of thiophene rings is 1. The zero-order chi connectivity index (χ0) is 19.6. The van der Waals surface area contributed by atoms with Gasteiger partial charge in [0.1, 0.15) is 5.82 Å². The molecular weight excluding hydrogens is 384 g/mol. The van der Waals surface area contributed by atoms with Crippen molar-refractivity contribution in [1.29, 1.82) is 0 Å². The quantitative estimate of drug-likeness (QED) is 0.528. The molecule has 3 aromatic heterocycles. The van der Waals surface area contributed by atoms with Crippen LogP contribution in [0.3, 0.4) is 0 Å². The van der Waals surface area contributed by atoms with Crippen LogP contribution < -0.4 is 5.32 Å². The number of hydrogen-bond donors (Lipinski definition) is 2. The second-order valence-electron chi connectivity index (χ2n) is 7.08. The SMILES string of the molecule is O=C(Nc1cccc(-c2nnc3n2CCCCC3)c1)c1cc(-c2cccs2)[nH]n1. The average Bonchev–Trinajstić information content (AvgIpc) is 3.47. The predicted molar refractivity (Wildman–Crippen MR) is 113 cm³/mol. The van der Waals surface area contributed by atoms with Gasteiger partial charge >= 0.3 is 0 Å². The van der Waals surface area contributed by atoms with Crippen LogP contribution >= 0.6 is 11.3 Å². The summed E-state index contributed by atoms with van der Waals surface area (Å²) in [6.07, 6.45) is 4.48. The van der Waals surface area contributed by atoms with Crippen LogP contribution in [0.25, 0.3) is 22.0 Å². The fourth-order valence-electron chi connectivity index (χ4n) is 3.63. The van der Waals surface area contributed by atoms with E-state index in [1.165, 1.54) is 6.42 Å². The lowest BCUT2D eigenvalue weighted by molar-refractivity contribution is 0.102. The predicted octanol–water partition coefficient (Wildman–Crippen LogP) is 4.38. The summed E-state index contributed by atoms with van der Waals surface area (Å²) in [5.74, 6) is 1.66. The third-order valence-electron chi connectivity index (χ3n) is 5.09. The minimum absolute atomic E-state index is 0.249. The Morgan fingerprint density at radius 1 is 1.10 bits per heavy atom. The van der Waals surface area contributed by atoms with Crippen molar-refractivity contribution in [1.82, 2.24) is 25.0 Å². The van der Waals surface area contributed by atoms with Crippen LogP contribution in [-0.4, -0.2) is 30.9 Å². The summed E-state index contributed by atoms with van der Waals surface area (Å²) in [6, 6.07) is 13.5. The smallest absolute Gasteiger partial charge is 0.276 e. The van der Waals surface area contributed by atoms with Crippen LogP contribution in [0.1, 0.15) is 35.6 Å². The summed E-state index contributed by atoms with van der Waals surface area (Å²) in [5, 5.41) is 20.8. The van der Waals surface area contributed by atoms with Crippen LogP contribution in [0, 0.1) is 0 Å². The summed E-state index contributed by atoms with van der Waals surface area (Å²) in [4.78, 5) is 13.7. The molecule has 0 saturated heterocycles. The van der Waals surface area contributed by atoms with Crippen molar-refractivity contribution >= 4 is 22.9 Å². The molecule has 1 aliphatic heterocycles. The number of fused-ring (bicyclic) bond motifs is 1. The number of carbonyl (C=O) groups is 1. The van der Waals surface area contributed by atoms with Crippen LogP contribution in [0.15, 0.2) is 47.8 Å². The van der Waals surface area contributed by atoms with Crippen molar-refractivity contribution in [2.45, 2.75) is 32.2 Å². The first-order chi connectivity index (χ1) is 14.3. The molecule has 0 unspecified atom stereocenters. The van der Waals surface area contributed by atoms with E-state index in [4.69, 9.17) is 0 Å². The molecule has 2 N–H and O–H groups in total. The van der Waals surface area contributed by atoms with E-state index in [1.54, 1.807) is 17.4 Å². The van der Waals surface area contributed by atoms with Crippen molar-refractivity contribution in [2.75, 3.05) is 5.32 Å². The lowest BCUT2D eigenvalue weighted by Gasteiger charge is -2.09. The van der Waals surface area contributed by atoms with E-state index in [0.717, 1.165) is 53.6 Å². The maximum Gasteiger partial charge on any atom is 0.276 e. The zero-order valence-corrected chi connectivity index (χ0v) is 16.6. The molecular formula is C21H20N6OS. The normalized spacial score (nSPS) is 13.7. The average molecular weight is 404 g/mol. The van der Waals surface area contributed by atoms with Gasteiger partial charge in [0.2, 0.25) is 0 Å². The second kappa shape index (κ2) is 7.63. The molecule has 0 aliphatic carbocycles. The number of rotatable bonds is 4. The first-order valence-corrected chi connectivity index (χ1v) is 10.6. The van der Waals surface area contributed by atoms with Crippen LogP contribution in [0.2, 0.25) is 0 Å². The van der Waals surface area contributed by atoms with Crippen molar-refractivity contribution in [2.24, 2.45) is 0 Å². The van der Waals surface area contributed by atoms with Gasteiger partial charge in [0.15, 0.2) is 11.5 Å². The number of aromatic nitrogens is 5. The molecule has 0 spiro atoms. The number of aromatic amines is 1. The molecule has 1 aromatic carbocycles. The Balaban J connectivity index is 1.37. The number of hydrogen-bond acceptors (Lipinski definition) is 5. The van der Waals surface area contributed by atoms with Gasteiger partial charge in [0.25, 0.3) is 5.91 Å². The summed E-state index contributed by atoms with van der Waals surface area (Å²) in [7, 11) is 0. The zero-order valence-electron chi connectivity index (χ0n) is 15.8. The van der Waals surface area contributed by atoms with Crippen LogP contribution in [0.4, 0.5) is 5.69 Å². The molecule has 0 fully saturated rings. The summed E-state index contributed by atoms with van der Waals surface area (Å²) >= 11 is 1.60. The van der Waals surface area contributed by atoms with Crippen molar-refractivity contribution in [3.8, 4) is 22.0 Å². The lowest BCUT2D eigenvalue weighted by Crippen LogP contribution is -2.12. The molecule has 1 amide bonds. The highest BCUT2D eigenvalue weighted by molar-refractivity contribution is 7.13. The Bertz CT molecular complexity index is 1140.